The SMILES string of the molecule is C1COCCN1.CCCCCCCC[S+]([O-])C(C)Cc1ccc2c(c1)OCO2.CN1COCN(Cc2cnc(Cl)s2)/C1=N/[N+](=O)[O-]. The Bertz CT molecular complexity index is 1190. The first-order chi connectivity index (χ1) is 22.3. The lowest BCUT2D eigenvalue weighted by Crippen LogP contribution is -2.49. The minimum absolute atomic E-state index is 0.191. The minimum atomic E-state index is -0.743. The Kier molecular flexibility index (Phi) is 17.8. The van der Waals surface area contributed by atoms with Crippen molar-refractivity contribution in [1.29, 1.82) is 0 Å². The average Bonchev–Trinajstić information content (AvgIpc) is 3.70. The molecule has 1 aromatic carbocycles. The number of rotatable bonds is 13. The molecule has 3 aliphatic rings. The number of unbranched alkanes of at least 4 members (excludes halogenated alkanes) is 5. The lowest BCUT2D eigenvalue weighted by molar-refractivity contribution is -0.486. The van der Waals surface area contributed by atoms with Gasteiger partial charge in [0.1, 0.15) is 29.6 Å². The summed E-state index contributed by atoms with van der Waals surface area (Å²) in [6.45, 7) is 9.38. The molecule has 13 nitrogen and oxygen atoms in total. The second kappa shape index (κ2) is 21.5. The van der Waals surface area contributed by atoms with Crippen LogP contribution in [0.2, 0.25) is 4.47 Å². The van der Waals surface area contributed by atoms with Crippen LogP contribution in [0, 0.1) is 10.1 Å². The number of halogens is 1. The van der Waals surface area contributed by atoms with Crippen molar-refractivity contribution < 1.29 is 28.5 Å². The largest absolute Gasteiger partial charge is 0.616 e. The summed E-state index contributed by atoms with van der Waals surface area (Å²) in [6.07, 6.45) is 9.95. The highest BCUT2D eigenvalue weighted by molar-refractivity contribution is 7.92. The monoisotopic (exact) mass is 702 g/mol. The van der Waals surface area contributed by atoms with Gasteiger partial charge in [-0.3, -0.25) is 0 Å². The van der Waals surface area contributed by atoms with E-state index in [1.165, 1.54) is 49.0 Å². The molecule has 0 spiro atoms. The van der Waals surface area contributed by atoms with E-state index >= 15 is 0 Å². The van der Waals surface area contributed by atoms with Crippen LogP contribution in [-0.4, -0.2) is 94.9 Å². The Labute approximate surface area is 283 Å². The average molecular weight is 703 g/mol. The van der Waals surface area contributed by atoms with E-state index in [-0.39, 0.29) is 24.7 Å². The van der Waals surface area contributed by atoms with Gasteiger partial charge in [0.05, 0.1) is 19.8 Å². The number of nitrogens with zero attached hydrogens (tertiary/aromatic N) is 5. The van der Waals surface area contributed by atoms with Crippen molar-refractivity contribution >= 4 is 40.1 Å². The van der Waals surface area contributed by atoms with Crippen LogP contribution in [0.3, 0.4) is 0 Å². The molecule has 0 saturated carbocycles. The van der Waals surface area contributed by atoms with Gasteiger partial charge in [0.15, 0.2) is 21.0 Å². The van der Waals surface area contributed by atoms with Crippen LogP contribution in [0.1, 0.15) is 62.8 Å². The molecule has 2 fully saturated rings. The quantitative estimate of drug-likeness (QED) is 0.129. The summed E-state index contributed by atoms with van der Waals surface area (Å²) in [5.74, 6) is 2.71. The van der Waals surface area contributed by atoms with E-state index in [2.05, 4.69) is 29.2 Å². The lowest BCUT2D eigenvalue weighted by atomic mass is 10.1. The number of thiazole rings is 1. The van der Waals surface area contributed by atoms with E-state index in [4.69, 9.17) is 30.5 Å². The predicted molar refractivity (Wildman–Crippen MR) is 181 cm³/mol. The maximum Gasteiger partial charge on any atom is 0.277 e. The summed E-state index contributed by atoms with van der Waals surface area (Å²) in [4.78, 5) is 18.5. The van der Waals surface area contributed by atoms with Gasteiger partial charge >= 0.3 is 0 Å². The van der Waals surface area contributed by atoms with Gasteiger partial charge in [-0.25, -0.2) is 15.1 Å². The highest BCUT2D eigenvalue weighted by Crippen LogP contribution is 2.33. The van der Waals surface area contributed by atoms with Crippen molar-refractivity contribution in [1.82, 2.24) is 20.1 Å². The van der Waals surface area contributed by atoms with Gasteiger partial charge in [0.25, 0.3) is 5.96 Å². The molecule has 2 atom stereocenters. The molecule has 2 saturated heterocycles. The fourth-order valence-electron chi connectivity index (χ4n) is 4.75. The topological polar surface area (TPSA) is 147 Å². The van der Waals surface area contributed by atoms with Crippen molar-refractivity contribution in [2.45, 2.75) is 70.6 Å². The van der Waals surface area contributed by atoms with E-state index in [0.717, 1.165) is 61.3 Å². The summed E-state index contributed by atoms with van der Waals surface area (Å²) < 4.78 is 33.8. The van der Waals surface area contributed by atoms with E-state index in [1.807, 2.05) is 18.2 Å². The summed E-state index contributed by atoms with van der Waals surface area (Å²) in [7, 11) is 1.67. The van der Waals surface area contributed by atoms with E-state index in [1.54, 1.807) is 23.0 Å². The first-order valence-corrected chi connectivity index (χ1v) is 18.3. The summed E-state index contributed by atoms with van der Waals surface area (Å²) in [5, 5.41) is 16.5. The van der Waals surface area contributed by atoms with Crippen molar-refractivity contribution in [2.24, 2.45) is 5.10 Å². The van der Waals surface area contributed by atoms with Gasteiger partial charge in [0.2, 0.25) is 6.79 Å². The number of benzene rings is 1. The number of fused-ring (bicyclic) bond motifs is 1. The van der Waals surface area contributed by atoms with Crippen LogP contribution in [0.5, 0.6) is 11.5 Å². The summed E-state index contributed by atoms with van der Waals surface area (Å²) in [6, 6.07) is 6.01. The Morgan fingerprint density at radius 3 is 2.52 bits per heavy atom. The number of nitrogens with one attached hydrogen (secondary N) is 1. The normalized spacial score (nSPS) is 17.9. The van der Waals surface area contributed by atoms with Crippen LogP contribution in [0.4, 0.5) is 0 Å². The highest BCUT2D eigenvalue weighted by atomic mass is 35.5. The number of nitro groups is 1. The number of hydrogen-bond acceptors (Lipinski definition) is 10. The molecule has 16 heteroatoms. The van der Waals surface area contributed by atoms with Gasteiger partial charge in [0, 0.05) is 37.6 Å². The van der Waals surface area contributed by atoms with Crippen LogP contribution in [0.15, 0.2) is 29.5 Å². The molecule has 0 amide bonds. The number of hydrogen-bond donors (Lipinski definition) is 1. The number of guanidine groups is 1. The molecule has 2 unspecified atom stereocenters. The van der Waals surface area contributed by atoms with Crippen molar-refractivity contribution in [2.75, 3.05) is 59.4 Å². The van der Waals surface area contributed by atoms with Gasteiger partial charge in [-0.15, -0.1) is 11.3 Å². The zero-order chi connectivity index (χ0) is 33.1. The summed E-state index contributed by atoms with van der Waals surface area (Å²) in [5.41, 5.74) is 1.17. The Morgan fingerprint density at radius 1 is 1.13 bits per heavy atom. The molecular weight excluding hydrogens is 656 g/mol. The van der Waals surface area contributed by atoms with Crippen molar-refractivity contribution in [3.63, 3.8) is 0 Å². The summed E-state index contributed by atoms with van der Waals surface area (Å²) >= 11 is 6.31. The molecule has 1 N–H and O–H groups in total. The van der Waals surface area contributed by atoms with Crippen LogP contribution >= 0.6 is 22.9 Å². The number of hydrazone groups is 1. The maximum absolute atomic E-state index is 12.3. The van der Waals surface area contributed by atoms with Gasteiger partial charge in [-0.05, 0) is 37.5 Å². The smallest absolute Gasteiger partial charge is 0.277 e. The molecular formula is C30H47ClN6O7S2. The number of ether oxygens (including phenoxy) is 4. The van der Waals surface area contributed by atoms with Crippen molar-refractivity contribution in [3.05, 3.63) is 49.4 Å². The third-order valence-corrected chi connectivity index (χ3v) is 10.0. The molecule has 0 radical (unpaired) electrons. The predicted octanol–water partition coefficient (Wildman–Crippen LogP) is 5.08. The van der Waals surface area contributed by atoms with Crippen LogP contribution in [-0.2, 0) is 33.6 Å². The van der Waals surface area contributed by atoms with Gasteiger partial charge in [-0.1, -0.05) is 61.5 Å². The van der Waals surface area contributed by atoms with Crippen molar-refractivity contribution in [3.8, 4) is 11.5 Å². The second-order valence-corrected chi connectivity index (χ2v) is 14.7. The molecule has 1 aromatic heterocycles. The fraction of sp³-hybridized carbons (Fsp3) is 0.667. The van der Waals surface area contributed by atoms with Gasteiger partial charge in [-0.2, -0.15) is 0 Å². The molecule has 3 aliphatic heterocycles. The first kappa shape index (κ1) is 38.1. The molecule has 0 bridgehead atoms. The molecule has 258 valence electrons. The molecule has 4 heterocycles. The zero-order valence-electron chi connectivity index (χ0n) is 27.0. The first-order valence-electron chi connectivity index (χ1n) is 15.7. The Morgan fingerprint density at radius 2 is 1.87 bits per heavy atom. The molecule has 5 rings (SSSR count). The molecule has 46 heavy (non-hydrogen) atoms. The van der Waals surface area contributed by atoms with Crippen LogP contribution in [0.25, 0.3) is 0 Å². The minimum Gasteiger partial charge on any atom is -0.616 e. The Hall–Kier alpha value is -2.40. The zero-order valence-corrected chi connectivity index (χ0v) is 29.4. The third kappa shape index (κ3) is 14.2. The number of morpholine rings is 1. The van der Waals surface area contributed by atoms with E-state index < -0.39 is 16.2 Å². The molecule has 0 aliphatic carbocycles. The van der Waals surface area contributed by atoms with Crippen LogP contribution < -0.4 is 14.8 Å². The fourth-order valence-corrected chi connectivity index (χ4v) is 7.02. The number of aromatic nitrogens is 1. The Balaban J connectivity index is 0.000000214. The maximum atomic E-state index is 12.3. The highest BCUT2D eigenvalue weighted by Gasteiger charge is 2.25. The lowest BCUT2D eigenvalue weighted by Gasteiger charge is -2.34. The van der Waals surface area contributed by atoms with E-state index in [0.29, 0.717) is 17.8 Å². The second-order valence-electron chi connectivity index (χ2n) is 11.0. The molecule has 2 aromatic rings. The van der Waals surface area contributed by atoms with E-state index in [9.17, 15) is 14.7 Å². The van der Waals surface area contributed by atoms with Gasteiger partial charge < -0.3 is 38.6 Å². The standard InChI is InChI=1S/C18H28O3S.C8H10ClN5O3S.C4H9NO/c1-3-4-5-6-7-8-11-22(19)15(2)12-16-9-10-17-18(13-16)21-14-20-17;1-12-4-17-5-13(8(12)11-14(15)16)3-6-2-10-7(9)18-6;1-3-6-4-2-5-1/h9-10,13,15H,3-8,11-12,14H2,1-2H3;2H,3-5H2,1H3;5H,1-4H2/b;11-8+;. The third-order valence-electron chi connectivity index (χ3n) is 7.15.